The van der Waals surface area contributed by atoms with E-state index in [0.717, 1.165) is 28.9 Å². The molecule has 0 saturated heterocycles. The molecule has 0 amide bonds. The van der Waals surface area contributed by atoms with E-state index < -0.39 is 5.97 Å². The summed E-state index contributed by atoms with van der Waals surface area (Å²) < 4.78 is 5.43. The highest BCUT2D eigenvalue weighted by Crippen LogP contribution is 2.32. The number of carboxylic acid groups (broad SMARTS) is 1. The first-order chi connectivity index (χ1) is 10.5. The molecule has 0 spiro atoms. The average Bonchev–Trinajstić information content (AvgIpc) is 2.52. The molecule has 2 aromatic carbocycles. The van der Waals surface area contributed by atoms with Gasteiger partial charge in [0.25, 0.3) is 0 Å². The summed E-state index contributed by atoms with van der Waals surface area (Å²) in [6, 6.07) is 14.2. The number of hydrogen-bond acceptors (Lipinski definition) is 2. The SMILES string of the molecule is CCC(CC(=O)O)c1ccc(-c2cc(C)ccc2OC)cc1. The topological polar surface area (TPSA) is 46.5 Å². The van der Waals surface area contributed by atoms with Gasteiger partial charge in [0, 0.05) is 5.56 Å². The van der Waals surface area contributed by atoms with Gasteiger partial charge in [0.1, 0.15) is 5.75 Å². The van der Waals surface area contributed by atoms with E-state index in [9.17, 15) is 4.79 Å². The van der Waals surface area contributed by atoms with E-state index in [2.05, 4.69) is 13.0 Å². The highest BCUT2D eigenvalue weighted by molar-refractivity contribution is 5.72. The van der Waals surface area contributed by atoms with Crippen molar-refractivity contribution in [3.63, 3.8) is 0 Å². The Morgan fingerprint density at radius 1 is 1.18 bits per heavy atom. The van der Waals surface area contributed by atoms with Crippen LogP contribution in [0.5, 0.6) is 5.75 Å². The normalized spacial score (nSPS) is 12.0. The zero-order valence-electron chi connectivity index (χ0n) is 13.3. The molecule has 2 rings (SSSR count). The molecule has 3 nitrogen and oxygen atoms in total. The highest BCUT2D eigenvalue weighted by atomic mass is 16.5. The third-order valence-corrected chi connectivity index (χ3v) is 3.96. The van der Waals surface area contributed by atoms with Crippen LogP contribution in [-0.2, 0) is 4.79 Å². The maximum absolute atomic E-state index is 10.9. The van der Waals surface area contributed by atoms with Gasteiger partial charge in [-0.25, -0.2) is 0 Å². The van der Waals surface area contributed by atoms with Gasteiger partial charge in [-0.15, -0.1) is 0 Å². The molecule has 0 bridgehead atoms. The number of benzene rings is 2. The molecule has 0 aliphatic carbocycles. The molecule has 116 valence electrons. The number of hydrogen-bond donors (Lipinski definition) is 1. The summed E-state index contributed by atoms with van der Waals surface area (Å²) in [5.41, 5.74) is 4.38. The molecule has 0 aliphatic rings. The average molecular weight is 298 g/mol. The van der Waals surface area contributed by atoms with E-state index >= 15 is 0 Å². The van der Waals surface area contributed by atoms with Crippen LogP contribution in [-0.4, -0.2) is 18.2 Å². The molecule has 0 heterocycles. The van der Waals surface area contributed by atoms with E-state index in [1.54, 1.807) is 7.11 Å². The lowest BCUT2D eigenvalue weighted by molar-refractivity contribution is -0.137. The molecule has 0 aliphatic heterocycles. The first-order valence-electron chi connectivity index (χ1n) is 7.52. The van der Waals surface area contributed by atoms with Crippen molar-refractivity contribution in [3.05, 3.63) is 53.6 Å². The zero-order chi connectivity index (χ0) is 16.1. The second kappa shape index (κ2) is 7.12. The Morgan fingerprint density at radius 2 is 1.86 bits per heavy atom. The lowest BCUT2D eigenvalue weighted by atomic mass is 9.91. The summed E-state index contributed by atoms with van der Waals surface area (Å²) in [6.07, 6.45) is 0.989. The van der Waals surface area contributed by atoms with Gasteiger partial charge < -0.3 is 9.84 Å². The second-order valence-electron chi connectivity index (χ2n) is 5.53. The van der Waals surface area contributed by atoms with Crippen molar-refractivity contribution >= 4 is 5.97 Å². The predicted molar refractivity (Wildman–Crippen MR) is 88.5 cm³/mol. The Balaban J connectivity index is 2.32. The zero-order valence-corrected chi connectivity index (χ0v) is 13.3. The van der Waals surface area contributed by atoms with Gasteiger partial charge in [-0.05, 0) is 42.5 Å². The number of carboxylic acids is 1. The Kier molecular flexibility index (Phi) is 5.21. The molecule has 22 heavy (non-hydrogen) atoms. The van der Waals surface area contributed by atoms with Gasteiger partial charge in [-0.1, -0.05) is 42.8 Å². The number of rotatable bonds is 6. The van der Waals surface area contributed by atoms with Gasteiger partial charge >= 0.3 is 5.97 Å². The number of carbonyl (C=O) groups is 1. The van der Waals surface area contributed by atoms with E-state index in [-0.39, 0.29) is 12.3 Å². The van der Waals surface area contributed by atoms with Crippen LogP contribution >= 0.6 is 0 Å². The summed E-state index contributed by atoms with van der Waals surface area (Å²) in [4.78, 5) is 10.9. The molecule has 3 heteroatoms. The summed E-state index contributed by atoms with van der Waals surface area (Å²) in [5.74, 6) is 0.151. The Morgan fingerprint density at radius 3 is 2.41 bits per heavy atom. The molecule has 0 saturated carbocycles. The Bertz CT molecular complexity index is 644. The second-order valence-corrected chi connectivity index (χ2v) is 5.53. The fourth-order valence-corrected chi connectivity index (χ4v) is 2.69. The number of methoxy groups -OCH3 is 1. The maximum Gasteiger partial charge on any atom is 0.303 e. The largest absolute Gasteiger partial charge is 0.496 e. The molecule has 0 aromatic heterocycles. The molecule has 1 atom stereocenters. The van der Waals surface area contributed by atoms with E-state index in [4.69, 9.17) is 9.84 Å². The Hall–Kier alpha value is -2.29. The third kappa shape index (κ3) is 3.67. The van der Waals surface area contributed by atoms with Gasteiger partial charge in [0.2, 0.25) is 0 Å². The van der Waals surface area contributed by atoms with Crippen LogP contribution in [0.3, 0.4) is 0 Å². The summed E-state index contributed by atoms with van der Waals surface area (Å²) in [5, 5.41) is 8.99. The molecular formula is C19H22O3. The minimum atomic E-state index is -0.753. The van der Waals surface area contributed by atoms with Gasteiger partial charge in [0.05, 0.1) is 13.5 Å². The summed E-state index contributed by atoms with van der Waals surface area (Å²) in [6.45, 7) is 4.07. The number of aliphatic carboxylic acids is 1. The minimum absolute atomic E-state index is 0.0611. The van der Waals surface area contributed by atoms with Crippen LogP contribution < -0.4 is 4.74 Å². The van der Waals surface area contributed by atoms with E-state index in [1.165, 1.54) is 5.56 Å². The lowest BCUT2D eigenvalue weighted by Gasteiger charge is -2.14. The van der Waals surface area contributed by atoms with Crippen LogP contribution in [0.2, 0.25) is 0 Å². The quantitative estimate of drug-likeness (QED) is 0.845. The number of ether oxygens (including phenoxy) is 1. The van der Waals surface area contributed by atoms with Crippen molar-refractivity contribution in [1.29, 1.82) is 0 Å². The van der Waals surface area contributed by atoms with E-state index in [0.29, 0.717) is 0 Å². The molecule has 1 N–H and O–H groups in total. The summed E-state index contributed by atoms with van der Waals surface area (Å²) >= 11 is 0. The van der Waals surface area contributed by atoms with Crippen molar-refractivity contribution in [1.82, 2.24) is 0 Å². The fourth-order valence-electron chi connectivity index (χ4n) is 2.69. The van der Waals surface area contributed by atoms with Crippen molar-refractivity contribution in [2.24, 2.45) is 0 Å². The van der Waals surface area contributed by atoms with Crippen LogP contribution in [0, 0.1) is 6.92 Å². The molecule has 0 fully saturated rings. The highest BCUT2D eigenvalue weighted by Gasteiger charge is 2.14. The van der Waals surface area contributed by atoms with Crippen LogP contribution in [0.4, 0.5) is 0 Å². The Labute approximate surface area is 131 Å². The molecular weight excluding hydrogens is 276 g/mol. The van der Waals surface area contributed by atoms with Crippen molar-refractivity contribution in [2.45, 2.75) is 32.6 Å². The first kappa shape index (κ1) is 16.1. The van der Waals surface area contributed by atoms with Crippen molar-refractivity contribution in [2.75, 3.05) is 7.11 Å². The molecule has 0 radical (unpaired) electrons. The van der Waals surface area contributed by atoms with E-state index in [1.807, 2.05) is 43.3 Å². The minimum Gasteiger partial charge on any atom is -0.496 e. The molecule has 2 aromatic rings. The molecule has 1 unspecified atom stereocenters. The predicted octanol–water partition coefficient (Wildman–Crippen LogP) is 4.64. The monoisotopic (exact) mass is 298 g/mol. The number of aryl methyl sites for hydroxylation is 1. The third-order valence-electron chi connectivity index (χ3n) is 3.96. The summed E-state index contributed by atoms with van der Waals surface area (Å²) in [7, 11) is 1.67. The van der Waals surface area contributed by atoms with Crippen molar-refractivity contribution < 1.29 is 14.6 Å². The van der Waals surface area contributed by atoms with Crippen LogP contribution in [0.15, 0.2) is 42.5 Å². The van der Waals surface area contributed by atoms with Crippen LogP contribution in [0.25, 0.3) is 11.1 Å². The van der Waals surface area contributed by atoms with Gasteiger partial charge in [-0.3, -0.25) is 4.79 Å². The van der Waals surface area contributed by atoms with Crippen LogP contribution in [0.1, 0.15) is 36.8 Å². The van der Waals surface area contributed by atoms with Gasteiger partial charge in [-0.2, -0.15) is 0 Å². The van der Waals surface area contributed by atoms with Gasteiger partial charge in [0.15, 0.2) is 0 Å². The maximum atomic E-state index is 10.9. The van der Waals surface area contributed by atoms with Crippen molar-refractivity contribution in [3.8, 4) is 16.9 Å². The smallest absolute Gasteiger partial charge is 0.303 e. The first-order valence-corrected chi connectivity index (χ1v) is 7.52. The standard InChI is InChI=1S/C19H22O3/c1-4-14(12-19(20)21)15-6-8-16(9-7-15)17-11-13(2)5-10-18(17)22-3/h5-11,14H,4,12H2,1-3H3,(H,20,21). The lowest BCUT2D eigenvalue weighted by Crippen LogP contribution is -2.05. The fraction of sp³-hybridized carbons (Fsp3) is 0.316.